The van der Waals surface area contributed by atoms with E-state index < -0.39 is 54.0 Å². The summed E-state index contributed by atoms with van der Waals surface area (Å²) in [5, 5.41) is 2.75. The van der Waals surface area contributed by atoms with Crippen molar-refractivity contribution in [2.75, 3.05) is 13.2 Å². The van der Waals surface area contributed by atoms with E-state index in [1.165, 1.54) is 0 Å². The second-order valence-electron chi connectivity index (χ2n) is 10.5. The molecule has 0 fully saturated rings. The molecule has 1 rings (SSSR count). The van der Waals surface area contributed by atoms with Gasteiger partial charge in [-0.2, -0.15) is 0 Å². The van der Waals surface area contributed by atoms with Gasteiger partial charge in [0.2, 0.25) is 11.8 Å². The van der Waals surface area contributed by atoms with Crippen LogP contribution >= 0.6 is 0 Å². The van der Waals surface area contributed by atoms with Crippen LogP contribution in [0.5, 0.6) is 0 Å². The highest BCUT2D eigenvalue weighted by atomic mass is 16.6. The quantitative estimate of drug-likeness (QED) is 0.418. The van der Waals surface area contributed by atoms with Gasteiger partial charge in [-0.15, -0.1) is 0 Å². The molecule has 3 atom stereocenters. The van der Waals surface area contributed by atoms with Crippen LogP contribution in [-0.4, -0.2) is 65.5 Å². The number of carbonyl (C=O) groups excluding carboxylic acids is 4. The van der Waals surface area contributed by atoms with Crippen LogP contribution in [0.3, 0.4) is 0 Å². The van der Waals surface area contributed by atoms with E-state index in [4.69, 9.17) is 15.2 Å². The van der Waals surface area contributed by atoms with Crippen LogP contribution in [0.4, 0.5) is 0 Å². The van der Waals surface area contributed by atoms with Crippen molar-refractivity contribution in [3.05, 3.63) is 35.9 Å². The maximum absolute atomic E-state index is 14.0. The van der Waals surface area contributed by atoms with Crippen LogP contribution in [0.2, 0.25) is 0 Å². The van der Waals surface area contributed by atoms with E-state index in [0.717, 1.165) is 10.5 Å². The predicted octanol–water partition coefficient (Wildman–Crippen LogP) is 2.46. The molecule has 2 amide bonds. The molecule has 36 heavy (non-hydrogen) atoms. The first-order valence-electron chi connectivity index (χ1n) is 12.5. The summed E-state index contributed by atoms with van der Waals surface area (Å²) in [5.74, 6) is -2.92. The van der Waals surface area contributed by atoms with E-state index in [-0.39, 0.29) is 24.9 Å². The monoisotopic (exact) mass is 505 g/mol. The zero-order chi connectivity index (χ0) is 27.6. The zero-order valence-electron chi connectivity index (χ0n) is 22.9. The largest absolute Gasteiger partial charge is 0.464 e. The Labute approximate surface area is 215 Å². The predicted molar refractivity (Wildman–Crippen MR) is 138 cm³/mol. The lowest BCUT2D eigenvalue weighted by molar-refractivity contribution is -0.166. The third-order valence-electron chi connectivity index (χ3n) is 5.42. The third-order valence-corrected chi connectivity index (χ3v) is 5.42. The van der Waals surface area contributed by atoms with Crippen LogP contribution in [-0.2, 0) is 35.1 Å². The second-order valence-corrected chi connectivity index (χ2v) is 10.5. The van der Waals surface area contributed by atoms with Crippen molar-refractivity contribution in [2.24, 2.45) is 17.6 Å². The van der Waals surface area contributed by atoms with Crippen LogP contribution in [0.1, 0.15) is 61.0 Å². The molecule has 0 aromatic heterocycles. The van der Waals surface area contributed by atoms with Gasteiger partial charge in [-0.3, -0.25) is 14.4 Å². The Morgan fingerprint density at radius 2 is 1.58 bits per heavy atom. The maximum atomic E-state index is 14.0. The van der Waals surface area contributed by atoms with Gasteiger partial charge in [0, 0.05) is 6.42 Å². The van der Waals surface area contributed by atoms with Gasteiger partial charge in [-0.1, -0.05) is 58.0 Å². The third kappa shape index (κ3) is 9.97. The summed E-state index contributed by atoms with van der Waals surface area (Å²) >= 11 is 0. The molecule has 1 aromatic rings. The first kappa shape index (κ1) is 31.1. The molecule has 202 valence electrons. The Kier molecular flexibility index (Phi) is 12.1. The van der Waals surface area contributed by atoms with E-state index in [0.29, 0.717) is 0 Å². The van der Waals surface area contributed by atoms with Crippen molar-refractivity contribution in [1.29, 1.82) is 0 Å². The van der Waals surface area contributed by atoms with Crippen molar-refractivity contribution >= 4 is 23.8 Å². The van der Waals surface area contributed by atoms with Crippen molar-refractivity contribution < 1.29 is 28.7 Å². The molecular formula is C27H43N3O6. The van der Waals surface area contributed by atoms with Gasteiger partial charge in [0.15, 0.2) is 0 Å². The molecule has 0 saturated carbocycles. The number of amides is 2. The van der Waals surface area contributed by atoms with Crippen LogP contribution < -0.4 is 11.1 Å². The van der Waals surface area contributed by atoms with Gasteiger partial charge in [0.1, 0.15) is 24.2 Å². The Bertz CT molecular complexity index is 879. The number of rotatable bonds is 12. The minimum absolute atomic E-state index is 0.115. The minimum atomic E-state index is -1.07. The van der Waals surface area contributed by atoms with E-state index in [1.807, 2.05) is 44.2 Å². The van der Waals surface area contributed by atoms with E-state index in [9.17, 15) is 19.2 Å². The van der Waals surface area contributed by atoms with Crippen LogP contribution in [0.15, 0.2) is 30.3 Å². The molecule has 9 heteroatoms. The lowest BCUT2D eigenvalue weighted by Gasteiger charge is -2.35. The SMILES string of the molecule is CCOC(=O)C(C(C)C)N(CC(=O)OC(C)(C)C)C(=O)C(Cc1ccccc1)NC(=O)C(N)C(C)C. The molecule has 0 radical (unpaired) electrons. The van der Waals surface area contributed by atoms with Gasteiger partial charge >= 0.3 is 11.9 Å². The highest BCUT2D eigenvalue weighted by molar-refractivity contribution is 5.94. The standard InChI is InChI=1S/C27H43N3O6/c1-9-35-26(34)23(18(4)5)30(16-21(31)36-27(6,7)8)25(33)20(15-19-13-11-10-12-14-19)29-24(32)22(28)17(2)3/h10-14,17-18,20,22-23H,9,15-16,28H2,1-8H3,(H,29,32). The Morgan fingerprint density at radius 3 is 2.06 bits per heavy atom. The van der Waals surface area contributed by atoms with E-state index in [2.05, 4.69) is 5.32 Å². The summed E-state index contributed by atoms with van der Waals surface area (Å²) < 4.78 is 10.7. The molecule has 0 aliphatic rings. The second kappa shape index (κ2) is 14.0. The lowest BCUT2D eigenvalue weighted by Crippen LogP contribution is -2.59. The molecule has 0 bridgehead atoms. The number of nitrogens with zero attached hydrogens (tertiary/aromatic N) is 1. The van der Waals surface area contributed by atoms with Gasteiger partial charge in [-0.25, -0.2) is 4.79 Å². The first-order valence-corrected chi connectivity index (χ1v) is 12.5. The molecule has 0 saturated heterocycles. The molecule has 3 unspecified atom stereocenters. The van der Waals surface area contributed by atoms with Gasteiger partial charge in [0.05, 0.1) is 12.6 Å². The number of benzene rings is 1. The fourth-order valence-corrected chi connectivity index (χ4v) is 3.63. The minimum Gasteiger partial charge on any atom is -0.464 e. The zero-order valence-corrected chi connectivity index (χ0v) is 22.9. The smallest absolute Gasteiger partial charge is 0.329 e. The number of hydrogen-bond donors (Lipinski definition) is 2. The maximum Gasteiger partial charge on any atom is 0.329 e. The molecule has 1 aromatic carbocycles. The number of nitrogens with two attached hydrogens (primary N) is 1. The molecule has 0 spiro atoms. The normalized spacial score (nSPS) is 14.1. The summed E-state index contributed by atoms with van der Waals surface area (Å²) in [7, 11) is 0. The lowest BCUT2D eigenvalue weighted by atomic mass is 9.98. The average Bonchev–Trinajstić information content (AvgIpc) is 2.76. The molecular weight excluding hydrogens is 462 g/mol. The van der Waals surface area contributed by atoms with E-state index in [1.54, 1.807) is 41.5 Å². The molecule has 0 heterocycles. The van der Waals surface area contributed by atoms with Crippen LogP contribution in [0.25, 0.3) is 0 Å². The van der Waals surface area contributed by atoms with Crippen LogP contribution in [0, 0.1) is 11.8 Å². The van der Waals surface area contributed by atoms with Gasteiger partial charge in [-0.05, 0) is 45.1 Å². The van der Waals surface area contributed by atoms with E-state index >= 15 is 0 Å². The highest BCUT2D eigenvalue weighted by Gasteiger charge is 2.39. The van der Waals surface area contributed by atoms with Crippen molar-refractivity contribution in [3.8, 4) is 0 Å². The summed E-state index contributed by atoms with van der Waals surface area (Å²) in [6, 6.07) is 6.20. The first-order chi connectivity index (χ1) is 16.7. The Morgan fingerprint density at radius 1 is 1.00 bits per heavy atom. The molecule has 3 N–H and O–H groups in total. The Hall–Kier alpha value is -2.94. The Balaban J connectivity index is 3.47. The highest BCUT2D eigenvalue weighted by Crippen LogP contribution is 2.18. The molecule has 9 nitrogen and oxygen atoms in total. The summed E-state index contributed by atoms with van der Waals surface area (Å²) in [6.45, 7) is 13.6. The number of hydrogen-bond acceptors (Lipinski definition) is 7. The fourth-order valence-electron chi connectivity index (χ4n) is 3.63. The summed E-state index contributed by atoms with van der Waals surface area (Å²) in [5.41, 5.74) is 6.05. The number of carbonyl (C=O) groups is 4. The summed E-state index contributed by atoms with van der Waals surface area (Å²) in [4.78, 5) is 53.7. The average molecular weight is 506 g/mol. The van der Waals surface area contributed by atoms with Gasteiger partial charge < -0.3 is 25.4 Å². The fraction of sp³-hybridized carbons (Fsp3) is 0.630. The van der Waals surface area contributed by atoms with Crippen molar-refractivity contribution in [2.45, 2.75) is 85.5 Å². The summed E-state index contributed by atoms with van der Waals surface area (Å²) in [6.07, 6.45) is 0.148. The van der Waals surface area contributed by atoms with Crippen molar-refractivity contribution in [1.82, 2.24) is 10.2 Å². The molecule has 0 aliphatic heterocycles. The number of ether oxygens (including phenoxy) is 2. The molecule has 0 aliphatic carbocycles. The van der Waals surface area contributed by atoms with Crippen molar-refractivity contribution in [3.63, 3.8) is 0 Å². The topological polar surface area (TPSA) is 128 Å². The number of nitrogens with one attached hydrogen (secondary N) is 1. The number of esters is 2. The van der Waals surface area contributed by atoms with Gasteiger partial charge in [0.25, 0.3) is 0 Å².